The Labute approximate surface area is 204 Å². The minimum atomic E-state index is -0.357. The van der Waals surface area contributed by atoms with E-state index in [0.717, 1.165) is 64.5 Å². The van der Waals surface area contributed by atoms with Crippen LogP contribution in [0.4, 0.5) is 11.4 Å². The molecule has 0 bridgehead atoms. The maximum absolute atomic E-state index is 13.1. The number of morpholine rings is 1. The number of amides is 2. The molecule has 2 aliphatic heterocycles. The molecule has 0 unspecified atom stereocenters. The van der Waals surface area contributed by atoms with Gasteiger partial charge in [0.05, 0.1) is 29.4 Å². The van der Waals surface area contributed by atoms with Gasteiger partial charge < -0.3 is 20.3 Å². The Morgan fingerprint density at radius 1 is 0.909 bits per heavy atom. The zero-order valence-corrected chi connectivity index (χ0v) is 19.9. The van der Waals surface area contributed by atoms with Crippen LogP contribution in [-0.4, -0.2) is 69.2 Å². The van der Waals surface area contributed by atoms with Crippen LogP contribution >= 0.6 is 23.2 Å². The maximum atomic E-state index is 13.1. The van der Waals surface area contributed by atoms with Crippen molar-refractivity contribution in [2.75, 3.05) is 62.7 Å². The molecular formula is C24H28Cl2N4O3. The lowest BCUT2D eigenvalue weighted by atomic mass is 10.1. The number of carbonyl (C=O) groups is 2. The van der Waals surface area contributed by atoms with Crippen molar-refractivity contribution >= 4 is 46.4 Å². The monoisotopic (exact) mass is 490 g/mol. The molecule has 0 radical (unpaired) electrons. The zero-order valence-electron chi connectivity index (χ0n) is 18.4. The van der Waals surface area contributed by atoms with Gasteiger partial charge in [-0.1, -0.05) is 23.2 Å². The number of nitrogens with zero attached hydrogens (tertiary/aromatic N) is 2. The molecule has 33 heavy (non-hydrogen) atoms. The molecule has 2 amide bonds. The summed E-state index contributed by atoms with van der Waals surface area (Å²) in [6.07, 6.45) is 2.21. The summed E-state index contributed by atoms with van der Waals surface area (Å²) < 4.78 is 5.38. The quantitative estimate of drug-likeness (QED) is 0.615. The molecule has 2 N–H and O–H groups in total. The van der Waals surface area contributed by atoms with Crippen LogP contribution in [0.15, 0.2) is 36.4 Å². The summed E-state index contributed by atoms with van der Waals surface area (Å²) in [6, 6.07) is 10.2. The normalized spacial score (nSPS) is 16.6. The van der Waals surface area contributed by atoms with E-state index in [9.17, 15) is 9.59 Å². The molecule has 7 nitrogen and oxygen atoms in total. The first-order chi connectivity index (χ1) is 16.0. The second-order valence-corrected chi connectivity index (χ2v) is 9.06. The summed E-state index contributed by atoms with van der Waals surface area (Å²) in [5.41, 5.74) is 2.30. The van der Waals surface area contributed by atoms with E-state index in [4.69, 9.17) is 27.9 Å². The lowest BCUT2D eigenvalue weighted by Gasteiger charge is -2.26. The predicted octanol–water partition coefficient (Wildman–Crippen LogP) is 3.91. The third-order valence-corrected chi connectivity index (χ3v) is 6.49. The number of hydrogen-bond acceptors (Lipinski definition) is 5. The fraction of sp³-hybridized carbons (Fsp3) is 0.417. The molecule has 2 aromatic carbocycles. The van der Waals surface area contributed by atoms with Crippen LogP contribution in [0.3, 0.4) is 0 Å². The summed E-state index contributed by atoms with van der Waals surface area (Å²) in [4.78, 5) is 30.4. The highest BCUT2D eigenvalue weighted by molar-refractivity contribution is 6.37. The number of ether oxygens (including phenoxy) is 1. The first kappa shape index (κ1) is 23.8. The average molecular weight is 491 g/mol. The molecule has 2 aliphatic rings. The zero-order chi connectivity index (χ0) is 23.2. The van der Waals surface area contributed by atoms with Gasteiger partial charge in [-0.3, -0.25) is 14.5 Å². The summed E-state index contributed by atoms with van der Waals surface area (Å²) in [5, 5.41) is 6.63. The van der Waals surface area contributed by atoms with Gasteiger partial charge in [-0.25, -0.2) is 0 Å². The first-order valence-electron chi connectivity index (χ1n) is 11.2. The number of hydrogen-bond donors (Lipinski definition) is 2. The second-order valence-electron chi connectivity index (χ2n) is 8.21. The van der Waals surface area contributed by atoms with E-state index >= 15 is 0 Å². The Morgan fingerprint density at radius 3 is 2.39 bits per heavy atom. The summed E-state index contributed by atoms with van der Waals surface area (Å²) in [7, 11) is 0. The minimum Gasteiger partial charge on any atom is -0.379 e. The van der Waals surface area contributed by atoms with Crippen molar-refractivity contribution in [2.45, 2.75) is 12.8 Å². The molecule has 0 saturated carbocycles. The predicted molar refractivity (Wildman–Crippen MR) is 132 cm³/mol. The van der Waals surface area contributed by atoms with Gasteiger partial charge in [0, 0.05) is 55.7 Å². The van der Waals surface area contributed by atoms with Gasteiger partial charge in [0.15, 0.2) is 0 Å². The Hall–Kier alpha value is -2.32. The summed E-state index contributed by atoms with van der Waals surface area (Å²) in [5.74, 6) is -0.505. The van der Waals surface area contributed by atoms with E-state index < -0.39 is 0 Å². The summed E-state index contributed by atoms with van der Waals surface area (Å²) >= 11 is 12.1. The van der Waals surface area contributed by atoms with Gasteiger partial charge in [-0.15, -0.1) is 0 Å². The van der Waals surface area contributed by atoms with Crippen LogP contribution in [0.2, 0.25) is 10.0 Å². The largest absolute Gasteiger partial charge is 0.379 e. The number of carbonyl (C=O) groups excluding carboxylic acids is 2. The Morgan fingerprint density at radius 2 is 1.67 bits per heavy atom. The van der Waals surface area contributed by atoms with Crippen molar-refractivity contribution in [1.29, 1.82) is 0 Å². The SMILES string of the molecule is O=C(Nc1ccc(N2CCCC2)c(C(=O)NCCN2CCOCC2)c1)c1ccc(Cl)cc1Cl. The fourth-order valence-electron chi connectivity index (χ4n) is 4.15. The summed E-state index contributed by atoms with van der Waals surface area (Å²) in [6.45, 7) is 6.38. The molecule has 0 spiro atoms. The van der Waals surface area contributed by atoms with Gasteiger partial charge in [0.2, 0.25) is 0 Å². The third-order valence-electron chi connectivity index (χ3n) is 5.94. The van der Waals surface area contributed by atoms with Crippen LogP contribution in [0, 0.1) is 0 Å². The van der Waals surface area contributed by atoms with Crippen molar-refractivity contribution in [1.82, 2.24) is 10.2 Å². The van der Waals surface area contributed by atoms with Crippen LogP contribution in [0.5, 0.6) is 0 Å². The first-order valence-corrected chi connectivity index (χ1v) is 12.0. The smallest absolute Gasteiger partial charge is 0.257 e. The number of anilines is 2. The van der Waals surface area contributed by atoms with E-state index in [1.54, 1.807) is 18.2 Å². The molecular weight excluding hydrogens is 463 g/mol. The van der Waals surface area contributed by atoms with Crippen LogP contribution in [0.25, 0.3) is 0 Å². The lowest BCUT2D eigenvalue weighted by Crippen LogP contribution is -2.41. The van der Waals surface area contributed by atoms with E-state index in [-0.39, 0.29) is 16.8 Å². The second kappa shape index (κ2) is 11.2. The Balaban J connectivity index is 1.48. The topological polar surface area (TPSA) is 73.9 Å². The number of benzene rings is 2. The molecule has 0 aromatic heterocycles. The van der Waals surface area contributed by atoms with Gasteiger partial charge in [-0.2, -0.15) is 0 Å². The third kappa shape index (κ3) is 6.18. The van der Waals surface area contributed by atoms with Gasteiger partial charge in [0.25, 0.3) is 11.8 Å². The number of nitrogens with one attached hydrogen (secondary N) is 2. The van der Waals surface area contributed by atoms with Crippen LogP contribution < -0.4 is 15.5 Å². The van der Waals surface area contributed by atoms with E-state index in [2.05, 4.69) is 20.4 Å². The van der Waals surface area contributed by atoms with Crippen molar-refractivity contribution in [3.8, 4) is 0 Å². The highest BCUT2D eigenvalue weighted by Gasteiger charge is 2.21. The molecule has 2 heterocycles. The van der Waals surface area contributed by atoms with Crippen molar-refractivity contribution in [3.63, 3.8) is 0 Å². The number of halogens is 2. The standard InChI is InChI=1S/C24H28Cl2N4O3/c25-17-3-5-19(21(26)15-17)24(32)28-18-4-6-22(30-8-1-2-9-30)20(16-18)23(31)27-7-10-29-11-13-33-14-12-29/h3-6,15-16H,1-2,7-14H2,(H,27,31)(H,28,32). The minimum absolute atomic E-state index is 0.147. The molecule has 0 atom stereocenters. The van der Waals surface area contributed by atoms with Crippen molar-refractivity contribution in [3.05, 3.63) is 57.6 Å². The molecule has 2 fully saturated rings. The fourth-order valence-corrected chi connectivity index (χ4v) is 4.64. The molecule has 4 rings (SSSR count). The average Bonchev–Trinajstić information content (AvgIpc) is 3.34. The van der Waals surface area contributed by atoms with Crippen LogP contribution in [0.1, 0.15) is 33.6 Å². The molecule has 9 heteroatoms. The molecule has 2 saturated heterocycles. The Kier molecular flexibility index (Phi) is 8.09. The highest BCUT2D eigenvalue weighted by atomic mass is 35.5. The van der Waals surface area contributed by atoms with Gasteiger partial charge in [0.1, 0.15) is 0 Å². The van der Waals surface area contributed by atoms with Crippen molar-refractivity contribution < 1.29 is 14.3 Å². The number of rotatable bonds is 7. The Bertz CT molecular complexity index is 1010. The van der Waals surface area contributed by atoms with E-state index in [0.29, 0.717) is 28.4 Å². The van der Waals surface area contributed by atoms with Gasteiger partial charge >= 0.3 is 0 Å². The van der Waals surface area contributed by atoms with Crippen LogP contribution in [-0.2, 0) is 4.74 Å². The lowest BCUT2D eigenvalue weighted by molar-refractivity contribution is 0.0383. The molecule has 176 valence electrons. The van der Waals surface area contributed by atoms with E-state index in [1.807, 2.05) is 12.1 Å². The van der Waals surface area contributed by atoms with E-state index in [1.165, 1.54) is 6.07 Å². The van der Waals surface area contributed by atoms with Gasteiger partial charge in [-0.05, 0) is 49.2 Å². The molecule has 0 aliphatic carbocycles. The highest BCUT2D eigenvalue weighted by Crippen LogP contribution is 2.28. The maximum Gasteiger partial charge on any atom is 0.257 e. The van der Waals surface area contributed by atoms with Crippen molar-refractivity contribution in [2.24, 2.45) is 0 Å². The molecule has 2 aromatic rings.